The Morgan fingerprint density at radius 2 is 1.94 bits per heavy atom. The molecule has 0 spiro atoms. The second kappa shape index (κ2) is 10.1. The minimum Gasteiger partial charge on any atom is -0.473 e. The summed E-state index contributed by atoms with van der Waals surface area (Å²) in [7, 11) is 0. The van der Waals surface area contributed by atoms with Crippen molar-refractivity contribution < 1.29 is 33.8 Å². The molecular weight excluding hydrogens is 404 g/mol. The number of rotatable bonds is 3. The van der Waals surface area contributed by atoms with Gasteiger partial charge in [0.25, 0.3) is 0 Å². The molecule has 2 saturated heterocycles. The Hall–Kier alpha value is -2.65. The van der Waals surface area contributed by atoms with Gasteiger partial charge in [0.05, 0.1) is 30.7 Å². The number of furan rings is 1. The van der Waals surface area contributed by atoms with E-state index < -0.39 is 11.9 Å². The Balaban J connectivity index is 0.000000401. The van der Waals surface area contributed by atoms with Crippen LogP contribution in [0.3, 0.4) is 0 Å². The van der Waals surface area contributed by atoms with Crippen LogP contribution in [0.15, 0.2) is 35.2 Å². The van der Waals surface area contributed by atoms with Gasteiger partial charge >= 0.3 is 11.9 Å². The fourth-order valence-electron chi connectivity index (χ4n) is 4.45. The van der Waals surface area contributed by atoms with Crippen LogP contribution in [-0.4, -0.2) is 76.7 Å². The van der Waals surface area contributed by atoms with Crippen LogP contribution in [0.5, 0.6) is 0 Å². The fourth-order valence-corrected chi connectivity index (χ4v) is 4.45. The average Bonchev–Trinajstić information content (AvgIpc) is 3.35. The van der Waals surface area contributed by atoms with Crippen molar-refractivity contribution in [3.05, 3.63) is 36.3 Å². The number of carbonyl (C=O) groups is 3. The Morgan fingerprint density at radius 3 is 2.55 bits per heavy atom. The van der Waals surface area contributed by atoms with E-state index in [2.05, 4.69) is 28.9 Å². The highest BCUT2D eigenvalue weighted by Gasteiger charge is 2.43. The van der Waals surface area contributed by atoms with Gasteiger partial charge in [-0.3, -0.25) is 9.69 Å². The predicted molar refractivity (Wildman–Crippen MR) is 110 cm³/mol. The van der Waals surface area contributed by atoms with Crippen LogP contribution in [0, 0.1) is 11.3 Å². The van der Waals surface area contributed by atoms with E-state index in [9.17, 15) is 4.79 Å². The third kappa shape index (κ3) is 5.95. The fraction of sp³-hybridized carbons (Fsp3) is 0.591. The molecule has 2 aliphatic heterocycles. The van der Waals surface area contributed by atoms with E-state index >= 15 is 0 Å². The molecule has 9 nitrogen and oxygen atoms in total. The number of hydrogen-bond donors (Lipinski definition) is 2. The molecule has 9 heteroatoms. The highest BCUT2D eigenvalue weighted by atomic mass is 16.5. The van der Waals surface area contributed by atoms with E-state index in [1.807, 2.05) is 12.3 Å². The number of allylic oxidation sites excluding steroid dienone is 2. The first-order chi connectivity index (χ1) is 14.8. The zero-order valence-corrected chi connectivity index (χ0v) is 17.7. The number of carboxylic acid groups (broad SMARTS) is 2. The molecule has 1 aromatic rings. The summed E-state index contributed by atoms with van der Waals surface area (Å²) in [6.45, 7) is 7.25. The lowest BCUT2D eigenvalue weighted by Gasteiger charge is -2.33. The summed E-state index contributed by atoms with van der Waals surface area (Å²) < 4.78 is 11.3. The molecule has 170 valence electrons. The number of fused-ring (bicyclic) bond motifs is 1. The summed E-state index contributed by atoms with van der Waals surface area (Å²) >= 11 is 0. The van der Waals surface area contributed by atoms with Crippen LogP contribution in [0.25, 0.3) is 0 Å². The molecule has 2 N–H and O–H groups in total. The number of aliphatic carboxylic acids is 2. The van der Waals surface area contributed by atoms with Crippen molar-refractivity contribution in [2.24, 2.45) is 11.3 Å². The average molecular weight is 434 g/mol. The third-order valence-corrected chi connectivity index (χ3v) is 6.18. The molecule has 0 saturated carbocycles. The number of amides is 1. The Labute approximate surface area is 181 Å². The Morgan fingerprint density at radius 1 is 1.16 bits per heavy atom. The zero-order valence-electron chi connectivity index (χ0n) is 17.7. The zero-order chi connectivity index (χ0) is 22.4. The van der Waals surface area contributed by atoms with Crippen LogP contribution in [0.2, 0.25) is 0 Å². The lowest BCUT2D eigenvalue weighted by atomic mass is 9.78. The summed E-state index contributed by atoms with van der Waals surface area (Å²) in [5.74, 6) is -2.93. The monoisotopic (exact) mass is 434 g/mol. The van der Waals surface area contributed by atoms with Crippen LogP contribution >= 0.6 is 0 Å². The highest BCUT2D eigenvalue weighted by molar-refractivity contribution is 6.27. The van der Waals surface area contributed by atoms with E-state index in [4.69, 9.17) is 29.0 Å². The van der Waals surface area contributed by atoms with Gasteiger partial charge in [-0.25, -0.2) is 9.59 Å². The topological polar surface area (TPSA) is 121 Å². The molecule has 4 rings (SSSR count). The smallest absolute Gasteiger partial charge is 0.414 e. The molecule has 31 heavy (non-hydrogen) atoms. The molecule has 2 fully saturated rings. The molecule has 0 aromatic carbocycles. The van der Waals surface area contributed by atoms with Gasteiger partial charge in [0.1, 0.15) is 0 Å². The molecule has 1 aromatic heterocycles. The van der Waals surface area contributed by atoms with Gasteiger partial charge in [0.2, 0.25) is 5.91 Å². The number of hydrogen-bond acceptors (Lipinski definition) is 6. The minimum absolute atomic E-state index is 0.182. The van der Waals surface area contributed by atoms with Crippen molar-refractivity contribution in [1.29, 1.82) is 0 Å². The molecule has 1 unspecified atom stereocenters. The van der Waals surface area contributed by atoms with Crippen molar-refractivity contribution in [1.82, 2.24) is 9.80 Å². The normalized spacial score (nSPS) is 28.2. The van der Waals surface area contributed by atoms with Crippen LogP contribution < -0.4 is 0 Å². The number of carboxylic acids is 2. The Bertz CT molecular complexity index is 795. The van der Waals surface area contributed by atoms with Crippen molar-refractivity contribution in [3.8, 4) is 0 Å². The maximum atomic E-state index is 13.1. The van der Waals surface area contributed by atoms with Crippen LogP contribution in [-0.2, 0) is 25.7 Å². The molecule has 3 atom stereocenters. The van der Waals surface area contributed by atoms with Crippen molar-refractivity contribution >= 4 is 17.8 Å². The van der Waals surface area contributed by atoms with E-state index in [0.29, 0.717) is 11.8 Å². The van der Waals surface area contributed by atoms with Gasteiger partial charge in [-0.2, -0.15) is 0 Å². The van der Waals surface area contributed by atoms with Gasteiger partial charge in [-0.15, -0.1) is 0 Å². The molecule has 1 aliphatic carbocycles. The minimum atomic E-state index is -1.82. The van der Waals surface area contributed by atoms with E-state index in [1.165, 1.54) is 5.56 Å². The first-order valence-electron chi connectivity index (χ1n) is 10.5. The summed E-state index contributed by atoms with van der Waals surface area (Å²) in [5, 5.41) is 14.8. The van der Waals surface area contributed by atoms with E-state index in [-0.39, 0.29) is 11.5 Å². The van der Waals surface area contributed by atoms with Crippen molar-refractivity contribution in [2.75, 3.05) is 32.8 Å². The van der Waals surface area contributed by atoms with Gasteiger partial charge in [-0.05, 0) is 25.3 Å². The molecular formula is C22H30N2O7. The predicted octanol–water partition coefficient (Wildman–Crippen LogP) is 1.84. The van der Waals surface area contributed by atoms with Gasteiger partial charge in [0.15, 0.2) is 0 Å². The van der Waals surface area contributed by atoms with Crippen molar-refractivity contribution in [3.63, 3.8) is 0 Å². The van der Waals surface area contributed by atoms with Gasteiger partial charge in [0, 0.05) is 44.2 Å². The number of carbonyl (C=O) groups excluding carboxylic acids is 1. The SMILES string of the molecule is CC1(C(=O)N2C[C@@H]3CN(Cc4ccoc4)CCO[C@@H]3C2)CC=CCC1.O=C(O)C(=O)O. The second-order valence-electron chi connectivity index (χ2n) is 8.63. The summed E-state index contributed by atoms with van der Waals surface area (Å²) in [5.41, 5.74) is 0.972. The number of ether oxygens (including phenoxy) is 1. The summed E-state index contributed by atoms with van der Waals surface area (Å²) in [6.07, 6.45) is 10.9. The largest absolute Gasteiger partial charge is 0.473 e. The van der Waals surface area contributed by atoms with Crippen molar-refractivity contribution in [2.45, 2.75) is 38.8 Å². The standard InChI is InChI=1S/C20H28N2O3.C2H2O4/c1-20(6-3-2-4-7-20)19(23)22-13-17-12-21(8-10-25-18(17)14-22)11-16-5-9-24-15-16;3-1(4)2(5)6/h2-3,5,9,15,17-18H,4,6-8,10-14H2,1H3;(H,3,4)(H,5,6)/t17-,18+,20?;/m0./s1. The second-order valence-corrected chi connectivity index (χ2v) is 8.63. The third-order valence-electron chi connectivity index (χ3n) is 6.18. The van der Waals surface area contributed by atoms with Crippen LogP contribution in [0.4, 0.5) is 0 Å². The van der Waals surface area contributed by atoms with Crippen LogP contribution in [0.1, 0.15) is 31.7 Å². The summed E-state index contributed by atoms with van der Waals surface area (Å²) in [4.78, 5) is 35.8. The summed E-state index contributed by atoms with van der Waals surface area (Å²) in [6, 6.07) is 2.02. The van der Waals surface area contributed by atoms with Gasteiger partial charge in [-0.1, -0.05) is 19.1 Å². The first kappa shape index (κ1) is 23.0. The molecule has 3 aliphatic rings. The molecule has 0 radical (unpaired) electrons. The van der Waals surface area contributed by atoms with E-state index in [0.717, 1.165) is 58.6 Å². The maximum absolute atomic E-state index is 13.1. The lowest BCUT2D eigenvalue weighted by Crippen LogP contribution is -2.42. The first-order valence-corrected chi connectivity index (χ1v) is 10.5. The molecule has 0 bridgehead atoms. The van der Waals surface area contributed by atoms with Gasteiger partial charge < -0.3 is 24.3 Å². The lowest BCUT2D eigenvalue weighted by molar-refractivity contribution is -0.159. The molecule has 3 heterocycles. The van der Waals surface area contributed by atoms with E-state index in [1.54, 1.807) is 6.26 Å². The number of likely N-dealkylation sites (tertiary alicyclic amines) is 1. The highest BCUT2D eigenvalue weighted by Crippen LogP contribution is 2.36. The number of nitrogens with zero attached hydrogens (tertiary/aromatic N) is 2. The molecule has 1 amide bonds. The maximum Gasteiger partial charge on any atom is 0.414 e. The Kier molecular flexibility index (Phi) is 7.50. The quantitative estimate of drug-likeness (QED) is 0.546.